The SMILES string of the molecule is COc1ccc(-c2cccc(O)c2)cc1O. The van der Waals surface area contributed by atoms with Crippen molar-refractivity contribution in [3.63, 3.8) is 0 Å². The van der Waals surface area contributed by atoms with Crippen LogP contribution in [0.2, 0.25) is 0 Å². The van der Waals surface area contributed by atoms with E-state index in [2.05, 4.69) is 0 Å². The van der Waals surface area contributed by atoms with E-state index in [1.54, 1.807) is 30.3 Å². The number of rotatable bonds is 2. The molecule has 0 spiro atoms. The summed E-state index contributed by atoms with van der Waals surface area (Å²) in [7, 11) is 1.50. The molecule has 0 amide bonds. The number of benzene rings is 2. The minimum atomic E-state index is 0.0864. The molecule has 0 aromatic heterocycles. The van der Waals surface area contributed by atoms with Crippen molar-refractivity contribution in [1.29, 1.82) is 0 Å². The monoisotopic (exact) mass is 216 g/mol. The largest absolute Gasteiger partial charge is 0.508 e. The Morgan fingerprint density at radius 2 is 1.69 bits per heavy atom. The summed E-state index contributed by atoms with van der Waals surface area (Å²) in [6.45, 7) is 0. The number of hydrogen-bond acceptors (Lipinski definition) is 3. The normalized spacial score (nSPS) is 10.1. The van der Waals surface area contributed by atoms with E-state index in [1.807, 2.05) is 12.1 Å². The Bertz CT molecular complexity index is 506. The summed E-state index contributed by atoms with van der Waals surface area (Å²) >= 11 is 0. The van der Waals surface area contributed by atoms with Crippen LogP contribution in [0, 0.1) is 0 Å². The first kappa shape index (κ1) is 10.4. The molecule has 0 aliphatic carbocycles. The van der Waals surface area contributed by atoms with Gasteiger partial charge in [0.2, 0.25) is 0 Å². The van der Waals surface area contributed by atoms with Crippen LogP contribution >= 0.6 is 0 Å². The number of ether oxygens (including phenoxy) is 1. The summed E-state index contributed by atoms with van der Waals surface area (Å²) in [5.41, 5.74) is 1.67. The summed E-state index contributed by atoms with van der Waals surface area (Å²) in [6, 6.07) is 12.0. The molecule has 0 atom stereocenters. The molecule has 0 radical (unpaired) electrons. The Morgan fingerprint density at radius 3 is 2.31 bits per heavy atom. The van der Waals surface area contributed by atoms with Gasteiger partial charge in [-0.25, -0.2) is 0 Å². The van der Waals surface area contributed by atoms with Crippen molar-refractivity contribution in [2.75, 3.05) is 7.11 Å². The maximum Gasteiger partial charge on any atom is 0.160 e. The molecule has 2 aromatic rings. The Morgan fingerprint density at radius 1 is 0.938 bits per heavy atom. The van der Waals surface area contributed by atoms with E-state index in [0.29, 0.717) is 5.75 Å². The predicted octanol–water partition coefficient (Wildman–Crippen LogP) is 2.77. The third-order valence-electron chi connectivity index (χ3n) is 2.36. The van der Waals surface area contributed by atoms with Gasteiger partial charge in [0, 0.05) is 0 Å². The lowest BCUT2D eigenvalue weighted by Gasteiger charge is -2.06. The fraction of sp³-hybridized carbons (Fsp3) is 0.0769. The number of hydrogen-bond donors (Lipinski definition) is 2. The van der Waals surface area contributed by atoms with E-state index in [4.69, 9.17) is 4.74 Å². The third kappa shape index (κ3) is 1.93. The van der Waals surface area contributed by atoms with E-state index in [-0.39, 0.29) is 11.5 Å². The zero-order valence-corrected chi connectivity index (χ0v) is 8.84. The predicted molar refractivity (Wildman–Crippen MR) is 61.8 cm³/mol. The number of methoxy groups -OCH3 is 1. The molecule has 2 aromatic carbocycles. The average Bonchev–Trinajstić information content (AvgIpc) is 2.29. The highest BCUT2D eigenvalue weighted by Crippen LogP contribution is 2.32. The lowest BCUT2D eigenvalue weighted by Crippen LogP contribution is -1.84. The fourth-order valence-corrected chi connectivity index (χ4v) is 1.56. The lowest BCUT2D eigenvalue weighted by molar-refractivity contribution is 0.373. The van der Waals surface area contributed by atoms with Crippen LogP contribution in [-0.4, -0.2) is 17.3 Å². The molecule has 0 unspecified atom stereocenters. The van der Waals surface area contributed by atoms with Crippen molar-refractivity contribution < 1.29 is 14.9 Å². The molecule has 2 N–H and O–H groups in total. The van der Waals surface area contributed by atoms with Crippen molar-refractivity contribution in [2.45, 2.75) is 0 Å². The van der Waals surface area contributed by atoms with Crippen LogP contribution < -0.4 is 4.74 Å². The van der Waals surface area contributed by atoms with E-state index < -0.39 is 0 Å². The maximum absolute atomic E-state index is 9.63. The summed E-state index contributed by atoms with van der Waals surface area (Å²) in [5.74, 6) is 0.722. The van der Waals surface area contributed by atoms with Crippen molar-refractivity contribution >= 4 is 0 Å². The molecule has 0 aliphatic rings. The highest BCUT2D eigenvalue weighted by molar-refractivity contribution is 5.68. The highest BCUT2D eigenvalue weighted by atomic mass is 16.5. The fourth-order valence-electron chi connectivity index (χ4n) is 1.56. The Hall–Kier alpha value is -2.16. The van der Waals surface area contributed by atoms with E-state index >= 15 is 0 Å². The van der Waals surface area contributed by atoms with Crippen molar-refractivity contribution in [3.05, 3.63) is 42.5 Å². The lowest BCUT2D eigenvalue weighted by atomic mass is 10.1. The van der Waals surface area contributed by atoms with Crippen molar-refractivity contribution in [2.24, 2.45) is 0 Å². The Balaban J connectivity index is 2.45. The second kappa shape index (κ2) is 4.14. The minimum absolute atomic E-state index is 0.0864. The molecule has 0 bridgehead atoms. The molecule has 2 rings (SSSR count). The molecule has 0 fully saturated rings. The molecule has 0 saturated heterocycles. The molecule has 0 heterocycles. The summed E-state index contributed by atoms with van der Waals surface area (Å²) in [4.78, 5) is 0. The van der Waals surface area contributed by atoms with Gasteiger partial charge in [-0.15, -0.1) is 0 Å². The van der Waals surface area contributed by atoms with Crippen molar-refractivity contribution in [3.8, 4) is 28.4 Å². The average molecular weight is 216 g/mol. The molecular formula is C13H12O3. The number of aromatic hydroxyl groups is 2. The van der Waals surface area contributed by atoms with Gasteiger partial charge in [-0.05, 0) is 35.4 Å². The highest BCUT2D eigenvalue weighted by Gasteiger charge is 2.04. The van der Waals surface area contributed by atoms with Gasteiger partial charge in [0.25, 0.3) is 0 Å². The molecule has 0 saturated carbocycles. The quantitative estimate of drug-likeness (QED) is 0.811. The van der Waals surface area contributed by atoms with Gasteiger partial charge in [-0.3, -0.25) is 0 Å². The standard InChI is InChI=1S/C13H12O3/c1-16-13-6-5-10(8-12(13)15)9-3-2-4-11(14)7-9/h2-8,14-15H,1H3. The molecular weight excluding hydrogens is 204 g/mol. The van der Waals surface area contributed by atoms with Crippen LogP contribution in [0.4, 0.5) is 0 Å². The van der Waals surface area contributed by atoms with Crippen LogP contribution in [0.1, 0.15) is 0 Å². The van der Waals surface area contributed by atoms with Gasteiger partial charge < -0.3 is 14.9 Å². The molecule has 82 valence electrons. The van der Waals surface area contributed by atoms with Gasteiger partial charge in [0.05, 0.1) is 7.11 Å². The van der Waals surface area contributed by atoms with Gasteiger partial charge >= 0.3 is 0 Å². The topological polar surface area (TPSA) is 49.7 Å². The van der Waals surface area contributed by atoms with Crippen LogP contribution in [-0.2, 0) is 0 Å². The summed E-state index contributed by atoms with van der Waals surface area (Å²) in [5, 5.41) is 19.0. The molecule has 0 aliphatic heterocycles. The van der Waals surface area contributed by atoms with Crippen LogP contribution in [0.3, 0.4) is 0 Å². The first-order valence-electron chi connectivity index (χ1n) is 4.87. The van der Waals surface area contributed by atoms with Crippen LogP contribution in [0.25, 0.3) is 11.1 Å². The third-order valence-corrected chi connectivity index (χ3v) is 2.36. The van der Waals surface area contributed by atoms with Gasteiger partial charge in [-0.2, -0.15) is 0 Å². The zero-order chi connectivity index (χ0) is 11.5. The van der Waals surface area contributed by atoms with E-state index in [9.17, 15) is 10.2 Å². The second-order valence-corrected chi connectivity index (χ2v) is 3.44. The van der Waals surface area contributed by atoms with Gasteiger partial charge in [0.15, 0.2) is 11.5 Å². The van der Waals surface area contributed by atoms with E-state index in [0.717, 1.165) is 11.1 Å². The number of phenolic OH excluding ortho intramolecular Hbond substituents is 2. The van der Waals surface area contributed by atoms with Gasteiger partial charge in [0.1, 0.15) is 5.75 Å². The van der Waals surface area contributed by atoms with Crippen LogP contribution in [0.5, 0.6) is 17.2 Å². The molecule has 3 heteroatoms. The summed E-state index contributed by atoms with van der Waals surface area (Å²) in [6.07, 6.45) is 0. The summed E-state index contributed by atoms with van der Waals surface area (Å²) < 4.78 is 4.96. The van der Waals surface area contributed by atoms with Gasteiger partial charge in [-0.1, -0.05) is 18.2 Å². The molecule has 3 nitrogen and oxygen atoms in total. The maximum atomic E-state index is 9.63. The Labute approximate surface area is 93.6 Å². The Kier molecular flexibility index (Phi) is 2.68. The molecule has 16 heavy (non-hydrogen) atoms. The van der Waals surface area contributed by atoms with E-state index in [1.165, 1.54) is 7.11 Å². The first-order chi connectivity index (χ1) is 7.70. The smallest absolute Gasteiger partial charge is 0.160 e. The zero-order valence-electron chi connectivity index (χ0n) is 8.84. The van der Waals surface area contributed by atoms with Crippen LogP contribution in [0.15, 0.2) is 42.5 Å². The number of phenols is 2. The first-order valence-corrected chi connectivity index (χ1v) is 4.87. The minimum Gasteiger partial charge on any atom is -0.508 e. The van der Waals surface area contributed by atoms with Crippen molar-refractivity contribution in [1.82, 2.24) is 0 Å². The second-order valence-electron chi connectivity index (χ2n) is 3.44.